The molecule has 0 fully saturated rings. The lowest BCUT2D eigenvalue weighted by Crippen LogP contribution is -2.14. The molecule has 0 unspecified atom stereocenters. The molecule has 0 saturated heterocycles. The Morgan fingerprint density at radius 1 is 1.04 bits per heavy atom. The number of rotatable bonds is 4. The van der Waals surface area contributed by atoms with E-state index in [0.29, 0.717) is 22.6 Å². The predicted molar refractivity (Wildman–Crippen MR) is 106 cm³/mol. The SMILES string of the molecule is CSc1cccc(NC(=O)c2cc(C)n(-c3ccccc3C(F)(F)F)c2C)c1. The number of para-hydroxylation sites is 1. The third-order valence-corrected chi connectivity index (χ3v) is 5.18. The molecule has 0 aliphatic heterocycles. The van der Waals surface area contributed by atoms with E-state index in [4.69, 9.17) is 0 Å². The van der Waals surface area contributed by atoms with Crippen molar-refractivity contribution in [2.75, 3.05) is 11.6 Å². The van der Waals surface area contributed by atoms with Crippen LogP contribution in [0.3, 0.4) is 0 Å². The van der Waals surface area contributed by atoms with Crippen LogP contribution in [0.1, 0.15) is 27.3 Å². The lowest BCUT2D eigenvalue weighted by molar-refractivity contribution is -0.137. The van der Waals surface area contributed by atoms with Gasteiger partial charge in [0.05, 0.1) is 16.8 Å². The molecule has 1 amide bonds. The minimum absolute atomic E-state index is 0.00781. The van der Waals surface area contributed by atoms with Gasteiger partial charge in [-0.3, -0.25) is 4.79 Å². The van der Waals surface area contributed by atoms with Crippen LogP contribution in [0.5, 0.6) is 0 Å². The van der Waals surface area contributed by atoms with Crippen molar-refractivity contribution in [1.29, 1.82) is 0 Å². The van der Waals surface area contributed by atoms with E-state index in [2.05, 4.69) is 5.32 Å². The van der Waals surface area contributed by atoms with Crippen LogP contribution in [0.4, 0.5) is 18.9 Å². The summed E-state index contributed by atoms with van der Waals surface area (Å²) in [5, 5.41) is 2.82. The van der Waals surface area contributed by atoms with Crippen LogP contribution >= 0.6 is 11.8 Å². The Balaban J connectivity index is 2.00. The molecule has 0 radical (unpaired) electrons. The molecule has 2 aromatic carbocycles. The summed E-state index contributed by atoms with van der Waals surface area (Å²) in [5.41, 5.74) is 1.25. The standard InChI is InChI=1S/C21H19F3N2OS/c1-13-11-17(20(27)25-15-7-6-8-16(12-15)28-3)14(2)26(13)19-10-5-4-9-18(19)21(22,23)24/h4-12H,1-3H3,(H,25,27). The summed E-state index contributed by atoms with van der Waals surface area (Å²) in [7, 11) is 0. The lowest BCUT2D eigenvalue weighted by Gasteiger charge is -2.16. The van der Waals surface area contributed by atoms with Gasteiger partial charge in [0.2, 0.25) is 0 Å². The molecule has 3 nitrogen and oxygen atoms in total. The lowest BCUT2D eigenvalue weighted by atomic mass is 10.1. The Labute approximate surface area is 165 Å². The second kappa shape index (κ2) is 7.75. The van der Waals surface area contributed by atoms with E-state index in [-0.39, 0.29) is 11.6 Å². The van der Waals surface area contributed by atoms with E-state index in [9.17, 15) is 18.0 Å². The van der Waals surface area contributed by atoms with Gasteiger partial charge in [-0.2, -0.15) is 13.2 Å². The van der Waals surface area contributed by atoms with Gasteiger partial charge in [0.15, 0.2) is 0 Å². The highest BCUT2D eigenvalue weighted by Crippen LogP contribution is 2.35. The number of alkyl halides is 3. The fraction of sp³-hybridized carbons (Fsp3) is 0.190. The number of nitrogens with one attached hydrogen (secondary N) is 1. The second-order valence-electron chi connectivity index (χ2n) is 6.32. The van der Waals surface area contributed by atoms with Gasteiger partial charge in [-0.25, -0.2) is 0 Å². The maximum atomic E-state index is 13.4. The van der Waals surface area contributed by atoms with E-state index in [1.165, 1.54) is 16.7 Å². The van der Waals surface area contributed by atoms with Gasteiger partial charge in [-0.05, 0) is 56.5 Å². The number of carbonyl (C=O) groups is 1. The third-order valence-electron chi connectivity index (χ3n) is 4.45. The van der Waals surface area contributed by atoms with E-state index in [1.807, 2.05) is 24.5 Å². The van der Waals surface area contributed by atoms with Gasteiger partial charge in [0.25, 0.3) is 5.91 Å². The number of carbonyl (C=O) groups excluding carboxylic acids is 1. The van der Waals surface area contributed by atoms with Crippen molar-refractivity contribution < 1.29 is 18.0 Å². The first-order valence-corrected chi connectivity index (χ1v) is 9.76. The van der Waals surface area contributed by atoms with Gasteiger partial charge in [0.1, 0.15) is 0 Å². The first-order valence-electron chi connectivity index (χ1n) is 8.53. The molecular formula is C21H19F3N2OS. The molecule has 0 bridgehead atoms. The normalized spacial score (nSPS) is 11.5. The molecule has 0 aliphatic carbocycles. The highest BCUT2D eigenvalue weighted by Gasteiger charge is 2.34. The summed E-state index contributed by atoms with van der Waals surface area (Å²) in [6.45, 7) is 3.33. The number of halogens is 3. The zero-order chi connectivity index (χ0) is 20.5. The van der Waals surface area contributed by atoms with E-state index in [0.717, 1.165) is 11.0 Å². The molecular weight excluding hydrogens is 385 g/mol. The summed E-state index contributed by atoms with van der Waals surface area (Å²) in [6.07, 6.45) is -2.55. The monoisotopic (exact) mass is 404 g/mol. The smallest absolute Gasteiger partial charge is 0.322 e. The average Bonchev–Trinajstić information content (AvgIpc) is 2.95. The number of aromatic nitrogens is 1. The number of aryl methyl sites for hydroxylation is 1. The van der Waals surface area contributed by atoms with Crippen molar-refractivity contribution in [3.05, 3.63) is 77.1 Å². The van der Waals surface area contributed by atoms with Crippen LogP contribution in [0, 0.1) is 13.8 Å². The van der Waals surface area contributed by atoms with E-state index < -0.39 is 11.7 Å². The molecule has 0 atom stereocenters. The van der Waals surface area contributed by atoms with Gasteiger partial charge >= 0.3 is 6.18 Å². The molecule has 1 N–H and O–H groups in total. The molecule has 28 heavy (non-hydrogen) atoms. The number of thioether (sulfide) groups is 1. The van der Waals surface area contributed by atoms with Crippen LogP contribution in [-0.2, 0) is 6.18 Å². The van der Waals surface area contributed by atoms with Crippen LogP contribution in [0.25, 0.3) is 5.69 Å². The molecule has 0 spiro atoms. The number of benzene rings is 2. The second-order valence-corrected chi connectivity index (χ2v) is 7.20. The first-order chi connectivity index (χ1) is 13.2. The summed E-state index contributed by atoms with van der Waals surface area (Å²) >= 11 is 1.55. The quantitative estimate of drug-likeness (QED) is 0.534. The Kier molecular flexibility index (Phi) is 5.56. The molecule has 1 heterocycles. The van der Waals surface area contributed by atoms with Crippen molar-refractivity contribution in [2.24, 2.45) is 0 Å². The molecule has 0 aliphatic rings. The van der Waals surface area contributed by atoms with Crippen molar-refractivity contribution in [3.8, 4) is 5.69 Å². The minimum Gasteiger partial charge on any atom is -0.322 e. The molecule has 7 heteroatoms. The van der Waals surface area contributed by atoms with Crippen LogP contribution in [-0.4, -0.2) is 16.7 Å². The van der Waals surface area contributed by atoms with Crippen molar-refractivity contribution in [2.45, 2.75) is 24.9 Å². The van der Waals surface area contributed by atoms with E-state index >= 15 is 0 Å². The average molecular weight is 404 g/mol. The minimum atomic E-state index is -4.49. The molecule has 3 rings (SSSR count). The Hall–Kier alpha value is -2.67. The molecule has 1 aromatic heterocycles. The van der Waals surface area contributed by atoms with Gasteiger partial charge in [-0.15, -0.1) is 11.8 Å². The van der Waals surface area contributed by atoms with Crippen LogP contribution in [0.2, 0.25) is 0 Å². The number of amides is 1. The maximum absolute atomic E-state index is 13.4. The Bertz CT molecular complexity index is 1020. The molecule has 146 valence electrons. The van der Waals surface area contributed by atoms with Crippen LogP contribution in [0.15, 0.2) is 59.5 Å². The van der Waals surface area contributed by atoms with Crippen molar-refractivity contribution in [3.63, 3.8) is 0 Å². The van der Waals surface area contributed by atoms with Gasteiger partial charge < -0.3 is 9.88 Å². The zero-order valence-corrected chi connectivity index (χ0v) is 16.4. The summed E-state index contributed by atoms with van der Waals surface area (Å²) in [4.78, 5) is 13.8. The number of anilines is 1. The Morgan fingerprint density at radius 3 is 2.43 bits per heavy atom. The van der Waals surface area contributed by atoms with Gasteiger partial charge in [-0.1, -0.05) is 18.2 Å². The summed E-state index contributed by atoms with van der Waals surface area (Å²) in [6, 6.07) is 14.4. The maximum Gasteiger partial charge on any atom is 0.418 e. The highest BCUT2D eigenvalue weighted by molar-refractivity contribution is 7.98. The highest BCUT2D eigenvalue weighted by atomic mass is 32.2. The van der Waals surface area contributed by atoms with Crippen LogP contribution < -0.4 is 5.32 Å². The number of hydrogen-bond acceptors (Lipinski definition) is 2. The van der Waals surface area contributed by atoms with Gasteiger partial charge in [0, 0.05) is 22.0 Å². The fourth-order valence-corrected chi connectivity index (χ4v) is 3.63. The summed E-state index contributed by atoms with van der Waals surface area (Å²) < 4.78 is 41.7. The largest absolute Gasteiger partial charge is 0.418 e. The fourth-order valence-electron chi connectivity index (χ4n) is 3.17. The molecule has 0 saturated carbocycles. The topological polar surface area (TPSA) is 34.0 Å². The number of nitrogens with zero attached hydrogens (tertiary/aromatic N) is 1. The molecule has 3 aromatic rings. The summed E-state index contributed by atoms with van der Waals surface area (Å²) in [5.74, 6) is -0.359. The Morgan fingerprint density at radius 2 is 1.75 bits per heavy atom. The van der Waals surface area contributed by atoms with E-state index in [1.54, 1.807) is 43.8 Å². The first kappa shape index (κ1) is 20.1. The predicted octanol–water partition coefficient (Wildman–Crippen LogP) is 6.09. The third kappa shape index (κ3) is 3.94. The van der Waals surface area contributed by atoms with Crippen molar-refractivity contribution in [1.82, 2.24) is 4.57 Å². The number of hydrogen-bond donors (Lipinski definition) is 1. The van der Waals surface area contributed by atoms with Crippen molar-refractivity contribution >= 4 is 23.4 Å². The zero-order valence-electron chi connectivity index (χ0n) is 15.6.